The highest BCUT2D eigenvalue weighted by atomic mass is 79.9. The highest BCUT2D eigenvalue weighted by molar-refractivity contribution is 9.10. The molecule has 0 bridgehead atoms. The van der Waals surface area contributed by atoms with Crippen LogP contribution in [0.5, 0.6) is 0 Å². The number of piperazine rings is 1. The first-order chi connectivity index (χ1) is 8.49. The van der Waals surface area contributed by atoms with Gasteiger partial charge in [0.25, 0.3) is 5.91 Å². The maximum absolute atomic E-state index is 12.2. The van der Waals surface area contributed by atoms with Crippen LogP contribution in [0.3, 0.4) is 0 Å². The van der Waals surface area contributed by atoms with E-state index in [2.05, 4.69) is 21.2 Å². The summed E-state index contributed by atoms with van der Waals surface area (Å²) in [6, 6.07) is 4.87. The van der Waals surface area contributed by atoms with Gasteiger partial charge in [-0.1, -0.05) is 6.07 Å². The Balaban J connectivity index is 2.28. The fourth-order valence-electron chi connectivity index (χ4n) is 1.67. The maximum atomic E-state index is 12.2. The van der Waals surface area contributed by atoms with Gasteiger partial charge < -0.3 is 10.6 Å². The maximum Gasteiger partial charge on any atom is 0.256 e. The minimum Gasteiger partial charge on any atom is -0.398 e. The number of hydrogen-bond donors (Lipinski definition) is 2. The molecule has 0 atom stereocenters. The summed E-state index contributed by atoms with van der Waals surface area (Å²) in [6.07, 6.45) is 0. The number of hydrogen-bond acceptors (Lipinski definition) is 4. The van der Waals surface area contributed by atoms with Gasteiger partial charge in [-0.3, -0.25) is 19.7 Å². The monoisotopic (exact) mass is 311 g/mol. The van der Waals surface area contributed by atoms with E-state index in [1.807, 2.05) is 0 Å². The van der Waals surface area contributed by atoms with E-state index in [1.54, 1.807) is 18.2 Å². The van der Waals surface area contributed by atoms with Crippen molar-refractivity contribution in [3.05, 3.63) is 28.2 Å². The third-order valence-corrected chi connectivity index (χ3v) is 3.38. The number of nitrogens with zero attached hydrogens (tertiary/aromatic N) is 1. The third-order valence-electron chi connectivity index (χ3n) is 2.49. The second-order valence-corrected chi connectivity index (χ2v) is 4.63. The van der Waals surface area contributed by atoms with Crippen LogP contribution in [0.2, 0.25) is 0 Å². The highest BCUT2D eigenvalue weighted by Crippen LogP contribution is 2.25. The Labute approximate surface area is 111 Å². The number of halogens is 1. The van der Waals surface area contributed by atoms with Crippen molar-refractivity contribution in [1.29, 1.82) is 0 Å². The number of nitrogen functional groups attached to an aromatic ring is 1. The Hall–Kier alpha value is -1.89. The van der Waals surface area contributed by atoms with E-state index in [1.165, 1.54) is 4.90 Å². The van der Waals surface area contributed by atoms with Gasteiger partial charge in [-0.25, -0.2) is 0 Å². The SMILES string of the molecule is Nc1cccc(C(=O)N2CC(=O)NC(=O)C2)c1Br. The normalized spacial score (nSPS) is 15.5. The van der Waals surface area contributed by atoms with E-state index in [9.17, 15) is 14.4 Å². The standard InChI is InChI=1S/C11H10BrN3O3/c12-10-6(2-1-3-7(10)13)11(18)15-4-8(16)14-9(17)5-15/h1-3H,4-5,13H2,(H,14,16,17). The van der Waals surface area contributed by atoms with Crippen LogP contribution in [0.1, 0.15) is 10.4 Å². The lowest BCUT2D eigenvalue weighted by Crippen LogP contribution is -2.53. The van der Waals surface area contributed by atoms with Gasteiger partial charge in [0.05, 0.1) is 10.0 Å². The minimum absolute atomic E-state index is 0.133. The highest BCUT2D eigenvalue weighted by Gasteiger charge is 2.28. The molecule has 2 rings (SSSR count). The van der Waals surface area contributed by atoms with E-state index < -0.39 is 17.7 Å². The zero-order valence-corrected chi connectivity index (χ0v) is 10.9. The average Bonchev–Trinajstić information content (AvgIpc) is 2.30. The lowest BCUT2D eigenvalue weighted by atomic mass is 10.1. The van der Waals surface area contributed by atoms with Crippen LogP contribution in [0.4, 0.5) is 5.69 Å². The molecule has 0 unspecified atom stereocenters. The summed E-state index contributed by atoms with van der Waals surface area (Å²) >= 11 is 3.22. The van der Waals surface area contributed by atoms with Crippen molar-refractivity contribution in [3.63, 3.8) is 0 Å². The summed E-state index contributed by atoms with van der Waals surface area (Å²) in [7, 11) is 0. The molecule has 0 spiro atoms. The van der Waals surface area contributed by atoms with E-state index in [4.69, 9.17) is 5.73 Å². The van der Waals surface area contributed by atoms with Gasteiger partial charge >= 0.3 is 0 Å². The van der Waals surface area contributed by atoms with Crippen LogP contribution in [-0.4, -0.2) is 35.7 Å². The van der Waals surface area contributed by atoms with Gasteiger partial charge in [0.15, 0.2) is 0 Å². The molecule has 1 aliphatic heterocycles. The predicted octanol–water partition coefficient (Wildman–Crippen LogP) is 0.130. The van der Waals surface area contributed by atoms with E-state index >= 15 is 0 Å². The van der Waals surface area contributed by atoms with Crippen LogP contribution in [0.25, 0.3) is 0 Å². The zero-order valence-electron chi connectivity index (χ0n) is 9.27. The van der Waals surface area contributed by atoms with Crippen LogP contribution in [0, 0.1) is 0 Å². The lowest BCUT2D eigenvalue weighted by molar-refractivity contribution is -0.135. The van der Waals surface area contributed by atoms with Gasteiger partial charge in [0.1, 0.15) is 13.1 Å². The summed E-state index contributed by atoms with van der Waals surface area (Å²) in [5.41, 5.74) is 6.43. The van der Waals surface area contributed by atoms with Crippen molar-refractivity contribution in [1.82, 2.24) is 10.2 Å². The molecule has 0 radical (unpaired) electrons. The van der Waals surface area contributed by atoms with Crippen LogP contribution < -0.4 is 11.1 Å². The molecule has 1 aliphatic rings. The number of benzene rings is 1. The Morgan fingerprint density at radius 3 is 2.50 bits per heavy atom. The molecule has 1 saturated heterocycles. The van der Waals surface area contributed by atoms with Gasteiger partial charge in [0, 0.05) is 5.69 Å². The first-order valence-corrected chi connectivity index (χ1v) is 5.94. The summed E-state index contributed by atoms with van der Waals surface area (Å²) in [5.74, 6) is -1.38. The Morgan fingerprint density at radius 1 is 1.28 bits per heavy atom. The summed E-state index contributed by atoms with van der Waals surface area (Å²) in [5, 5.41) is 2.13. The molecule has 94 valence electrons. The molecule has 0 aromatic heterocycles. The lowest BCUT2D eigenvalue weighted by Gasteiger charge is -2.25. The Kier molecular flexibility index (Phi) is 3.33. The van der Waals surface area contributed by atoms with Crippen molar-refractivity contribution in [2.45, 2.75) is 0 Å². The molecule has 3 N–H and O–H groups in total. The summed E-state index contributed by atoms with van der Waals surface area (Å²) in [6.45, 7) is -0.266. The molecule has 1 fully saturated rings. The molecule has 0 saturated carbocycles. The van der Waals surface area contributed by atoms with E-state index in [0.717, 1.165) is 0 Å². The van der Waals surface area contributed by atoms with Crippen LogP contribution >= 0.6 is 15.9 Å². The third kappa shape index (κ3) is 2.35. The zero-order chi connectivity index (χ0) is 13.3. The average molecular weight is 312 g/mol. The molecule has 1 aromatic rings. The molecular formula is C11H10BrN3O3. The minimum atomic E-state index is -0.486. The molecule has 6 nitrogen and oxygen atoms in total. The van der Waals surface area contributed by atoms with Crippen molar-refractivity contribution in [2.75, 3.05) is 18.8 Å². The summed E-state index contributed by atoms with van der Waals surface area (Å²) in [4.78, 5) is 35.8. The number of anilines is 1. The number of nitrogens with one attached hydrogen (secondary N) is 1. The van der Waals surface area contributed by atoms with E-state index in [-0.39, 0.29) is 13.1 Å². The first kappa shape index (κ1) is 12.6. The predicted molar refractivity (Wildman–Crippen MR) is 67.6 cm³/mol. The molecule has 7 heteroatoms. The van der Waals surface area contributed by atoms with Crippen molar-refractivity contribution >= 4 is 39.3 Å². The molecule has 18 heavy (non-hydrogen) atoms. The molecule has 1 heterocycles. The van der Waals surface area contributed by atoms with Gasteiger partial charge in [-0.15, -0.1) is 0 Å². The number of carbonyl (C=O) groups excluding carboxylic acids is 3. The number of carbonyl (C=O) groups is 3. The second kappa shape index (κ2) is 4.77. The fraction of sp³-hybridized carbons (Fsp3) is 0.182. The molecule has 1 aromatic carbocycles. The molecule has 3 amide bonds. The van der Waals surface area contributed by atoms with Crippen molar-refractivity contribution < 1.29 is 14.4 Å². The van der Waals surface area contributed by atoms with Gasteiger partial charge in [-0.2, -0.15) is 0 Å². The largest absolute Gasteiger partial charge is 0.398 e. The van der Waals surface area contributed by atoms with Crippen molar-refractivity contribution in [3.8, 4) is 0 Å². The number of amides is 3. The van der Waals surface area contributed by atoms with Crippen LogP contribution in [0.15, 0.2) is 22.7 Å². The Bertz CT molecular complexity index is 528. The fourth-order valence-corrected chi connectivity index (χ4v) is 2.10. The van der Waals surface area contributed by atoms with Crippen LogP contribution in [-0.2, 0) is 9.59 Å². The van der Waals surface area contributed by atoms with Crippen molar-refractivity contribution in [2.24, 2.45) is 0 Å². The molecule has 0 aliphatic carbocycles. The van der Waals surface area contributed by atoms with E-state index in [0.29, 0.717) is 15.7 Å². The second-order valence-electron chi connectivity index (χ2n) is 3.84. The smallest absolute Gasteiger partial charge is 0.256 e. The summed E-state index contributed by atoms with van der Waals surface area (Å²) < 4.78 is 0.466. The number of rotatable bonds is 1. The number of nitrogens with two attached hydrogens (primary N) is 1. The number of imide groups is 1. The topological polar surface area (TPSA) is 92.5 Å². The molecular weight excluding hydrogens is 302 g/mol. The quantitative estimate of drug-likeness (QED) is 0.569. The van der Waals surface area contributed by atoms with Gasteiger partial charge in [-0.05, 0) is 28.1 Å². The first-order valence-electron chi connectivity index (χ1n) is 5.15. The Morgan fingerprint density at radius 2 is 1.89 bits per heavy atom. The van der Waals surface area contributed by atoms with Gasteiger partial charge in [0.2, 0.25) is 11.8 Å².